The summed E-state index contributed by atoms with van der Waals surface area (Å²) in [6, 6.07) is 17.5. The van der Waals surface area contributed by atoms with E-state index in [1.807, 2.05) is 30.3 Å². The van der Waals surface area contributed by atoms with Gasteiger partial charge in [0.05, 0.1) is 6.61 Å². The van der Waals surface area contributed by atoms with Crippen molar-refractivity contribution in [2.24, 2.45) is 0 Å². The predicted molar refractivity (Wildman–Crippen MR) is 134 cm³/mol. The van der Waals surface area contributed by atoms with Crippen LogP contribution in [0, 0.1) is 0 Å². The van der Waals surface area contributed by atoms with Gasteiger partial charge in [-0.15, -0.1) is 0 Å². The summed E-state index contributed by atoms with van der Waals surface area (Å²) in [7, 11) is 0. The largest absolute Gasteiger partial charge is 0.494 e. The molecule has 1 unspecified atom stereocenters. The number of hydrogen-bond acceptors (Lipinski definition) is 4. The van der Waals surface area contributed by atoms with Crippen LogP contribution in [0.4, 0.5) is 4.79 Å². The van der Waals surface area contributed by atoms with Crippen LogP contribution in [0.15, 0.2) is 54.6 Å². The molecule has 0 radical (unpaired) electrons. The molecule has 6 nitrogen and oxygen atoms in total. The zero-order valence-electron chi connectivity index (χ0n) is 21.0. The van der Waals surface area contributed by atoms with Crippen LogP contribution >= 0.6 is 0 Å². The number of aliphatic carboxylic acids is 1. The van der Waals surface area contributed by atoms with Crippen LogP contribution in [0.5, 0.6) is 5.75 Å². The van der Waals surface area contributed by atoms with Crippen LogP contribution in [0.3, 0.4) is 0 Å². The van der Waals surface area contributed by atoms with Gasteiger partial charge in [0, 0.05) is 6.54 Å². The molecule has 1 amide bonds. The van der Waals surface area contributed by atoms with Crippen LogP contribution in [-0.2, 0) is 22.4 Å². The highest BCUT2D eigenvalue weighted by Gasteiger charge is 2.29. The molecule has 34 heavy (non-hydrogen) atoms. The molecule has 2 aromatic carbocycles. The monoisotopic (exact) mass is 469 g/mol. The first-order chi connectivity index (χ1) is 16.2. The van der Waals surface area contributed by atoms with Crippen molar-refractivity contribution < 1.29 is 24.2 Å². The lowest BCUT2D eigenvalue weighted by molar-refractivity contribution is -0.142. The fourth-order valence-electron chi connectivity index (χ4n) is 3.55. The predicted octanol–water partition coefficient (Wildman–Crippen LogP) is 6.12. The average molecular weight is 470 g/mol. The Labute approximate surface area is 203 Å². The van der Waals surface area contributed by atoms with Crippen LogP contribution < -0.4 is 4.74 Å². The van der Waals surface area contributed by atoms with Crippen LogP contribution in [0.25, 0.3) is 0 Å². The maximum Gasteiger partial charge on any atom is 0.411 e. The van der Waals surface area contributed by atoms with Gasteiger partial charge in [-0.25, -0.2) is 9.59 Å². The molecule has 1 N–H and O–H groups in total. The van der Waals surface area contributed by atoms with Crippen molar-refractivity contribution >= 4 is 12.1 Å². The van der Waals surface area contributed by atoms with Crippen molar-refractivity contribution in [3.8, 4) is 5.75 Å². The smallest absolute Gasteiger partial charge is 0.411 e. The summed E-state index contributed by atoms with van der Waals surface area (Å²) in [5.41, 5.74) is 1.82. The number of ether oxygens (including phenoxy) is 2. The van der Waals surface area contributed by atoms with E-state index in [1.54, 1.807) is 20.8 Å². The molecule has 0 bridgehead atoms. The molecule has 0 heterocycles. The lowest BCUT2D eigenvalue weighted by atomic mass is 10.1. The number of carbonyl (C=O) groups excluding carboxylic acids is 1. The average Bonchev–Trinajstić information content (AvgIpc) is 2.79. The van der Waals surface area contributed by atoms with Gasteiger partial charge >= 0.3 is 12.1 Å². The van der Waals surface area contributed by atoms with E-state index in [4.69, 9.17) is 9.47 Å². The maximum absolute atomic E-state index is 12.5. The van der Waals surface area contributed by atoms with Crippen LogP contribution in [0.1, 0.15) is 64.5 Å². The van der Waals surface area contributed by atoms with E-state index in [1.165, 1.54) is 17.4 Å². The fourth-order valence-corrected chi connectivity index (χ4v) is 3.55. The molecule has 0 aliphatic rings. The molecule has 0 fully saturated rings. The van der Waals surface area contributed by atoms with Crippen molar-refractivity contribution in [3.05, 3.63) is 65.7 Å². The third-order valence-corrected chi connectivity index (χ3v) is 5.46. The number of unbranched alkanes of at least 4 members (excludes halogenated alkanes) is 2. The second kappa shape index (κ2) is 13.6. The Hall–Kier alpha value is -3.02. The number of hydrogen-bond donors (Lipinski definition) is 1. The first-order valence-electron chi connectivity index (χ1n) is 12.1. The van der Waals surface area contributed by atoms with Gasteiger partial charge in [-0.1, -0.05) is 42.5 Å². The Morgan fingerprint density at radius 2 is 1.50 bits per heavy atom. The van der Waals surface area contributed by atoms with E-state index in [0.29, 0.717) is 19.6 Å². The quantitative estimate of drug-likeness (QED) is 0.358. The summed E-state index contributed by atoms with van der Waals surface area (Å²) in [5.74, 6) is -0.200. The molecule has 6 heteroatoms. The van der Waals surface area contributed by atoms with Crippen molar-refractivity contribution in [2.45, 2.75) is 77.9 Å². The van der Waals surface area contributed by atoms with Gasteiger partial charge in [-0.2, -0.15) is 0 Å². The van der Waals surface area contributed by atoms with Gasteiger partial charge in [0.25, 0.3) is 0 Å². The Balaban J connectivity index is 1.71. The number of aryl methyl sites for hydroxylation is 2. The Kier molecular flexibility index (Phi) is 10.9. The minimum absolute atomic E-state index is 0.309. The van der Waals surface area contributed by atoms with Crippen LogP contribution in [-0.4, -0.2) is 46.9 Å². The molecule has 186 valence electrons. The number of benzene rings is 2. The molecule has 1 atom stereocenters. The molecule has 2 aromatic rings. The molecular formula is C28H39NO5. The third kappa shape index (κ3) is 10.3. The number of carboxylic acids is 1. The van der Waals surface area contributed by atoms with Crippen molar-refractivity contribution in [1.82, 2.24) is 4.90 Å². The highest BCUT2D eigenvalue weighted by atomic mass is 16.6. The third-order valence-electron chi connectivity index (χ3n) is 5.46. The number of carboxylic acid groups (broad SMARTS) is 1. The van der Waals surface area contributed by atoms with Crippen molar-refractivity contribution in [3.63, 3.8) is 0 Å². The lowest BCUT2D eigenvalue weighted by Gasteiger charge is -2.29. The van der Waals surface area contributed by atoms with E-state index < -0.39 is 23.7 Å². The number of carbonyl (C=O) groups is 2. The first kappa shape index (κ1) is 27.2. The lowest BCUT2D eigenvalue weighted by Crippen LogP contribution is -2.46. The summed E-state index contributed by atoms with van der Waals surface area (Å²) in [6.45, 7) is 7.81. The maximum atomic E-state index is 12.5. The van der Waals surface area contributed by atoms with Gasteiger partial charge < -0.3 is 14.6 Å². The van der Waals surface area contributed by atoms with E-state index in [9.17, 15) is 14.7 Å². The molecule has 0 aliphatic carbocycles. The van der Waals surface area contributed by atoms with Crippen molar-refractivity contribution in [2.75, 3.05) is 13.2 Å². The molecule has 0 aromatic heterocycles. The molecule has 0 spiro atoms. The van der Waals surface area contributed by atoms with Crippen molar-refractivity contribution in [1.29, 1.82) is 0 Å². The minimum atomic E-state index is -1.05. The van der Waals surface area contributed by atoms with Gasteiger partial charge in [-0.05, 0) is 89.5 Å². The molecular weight excluding hydrogens is 430 g/mol. The summed E-state index contributed by atoms with van der Waals surface area (Å²) < 4.78 is 11.2. The summed E-state index contributed by atoms with van der Waals surface area (Å²) >= 11 is 0. The standard InChI is InChI=1S/C28H39NO5/c1-22(26(30)31)29(27(32)34-28(2,3)4)20-11-15-24-16-18-25(19-17-24)33-21-10-6-9-14-23-12-7-5-8-13-23/h5,7-8,12-13,16-19,22H,6,9-11,14-15,20-21H2,1-4H3,(H,30,31). The van der Waals surface area contributed by atoms with Gasteiger partial charge in [0.15, 0.2) is 0 Å². The fraction of sp³-hybridized carbons (Fsp3) is 0.500. The SMILES string of the molecule is CC(C(=O)O)N(CCCc1ccc(OCCCCCc2ccccc2)cc1)C(=O)OC(C)(C)C. The Morgan fingerprint density at radius 1 is 0.882 bits per heavy atom. The van der Waals surface area contributed by atoms with E-state index in [-0.39, 0.29) is 0 Å². The van der Waals surface area contributed by atoms with E-state index in [2.05, 4.69) is 24.3 Å². The second-order valence-electron chi connectivity index (χ2n) is 9.58. The number of rotatable bonds is 13. The van der Waals surface area contributed by atoms with Gasteiger partial charge in [0.1, 0.15) is 17.4 Å². The molecule has 0 saturated heterocycles. The van der Waals surface area contributed by atoms with Crippen LogP contribution in [0.2, 0.25) is 0 Å². The second-order valence-corrected chi connectivity index (χ2v) is 9.58. The van der Waals surface area contributed by atoms with Gasteiger partial charge in [0.2, 0.25) is 0 Å². The number of nitrogens with zero attached hydrogens (tertiary/aromatic N) is 1. The van der Waals surface area contributed by atoms with E-state index in [0.717, 1.165) is 43.4 Å². The Morgan fingerprint density at radius 3 is 2.12 bits per heavy atom. The minimum Gasteiger partial charge on any atom is -0.494 e. The summed E-state index contributed by atoms with van der Waals surface area (Å²) in [6.07, 6.45) is 5.19. The highest BCUT2D eigenvalue weighted by molar-refractivity contribution is 5.79. The van der Waals surface area contributed by atoms with E-state index >= 15 is 0 Å². The summed E-state index contributed by atoms with van der Waals surface area (Å²) in [5, 5.41) is 9.35. The zero-order chi connectivity index (χ0) is 25.0. The molecule has 0 saturated carbocycles. The summed E-state index contributed by atoms with van der Waals surface area (Å²) in [4.78, 5) is 25.2. The number of amides is 1. The normalized spacial score (nSPS) is 12.1. The van der Waals surface area contributed by atoms with Gasteiger partial charge in [-0.3, -0.25) is 4.90 Å². The first-order valence-corrected chi connectivity index (χ1v) is 12.1. The molecule has 0 aliphatic heterocycles. The topological polar surface area (TPSA) is 76.1 Å². The molecule has 2 rings (SSSR count). The Bertz CT molecular complexity index is 874. The highest BCUT2D eigenvalue weighted by Crippen LogP contribution is 2.17. The zero-order valence-corrected chi connectivity index (χ0v) is 21.0.